The highest BCUT2D eigenvalue weighted by atomic mass is 32.2. The second kappa shape index (κ2) is 11.7. The minimum Gasteiger partial charge on any atom is -0.465 e. The fourth-order valence-electron chi connectivity index (χ4n) is 5.37. The summed E-state index contributed by atoms with van der Waals surface area (Å²) < 4.78 is 6.93. The molecular weight excluding hydrogens is 540 g/mol. The summed E-state index contributed by atoms with van der Waals surface area (Å²) in [5, 5.41) is -0.451. The first-order valence-corrected chi connectivity index (χ1v) is 14.2. The molecule has 0 bridgehead atoms. The lowest BCUT2D eigenvalue weighted by Gasteiger charge is -2.36. The highest BCUT2D eigenvalue weighted by Gasteiger charge is 2.37. The lowest BCUT2D eigenvalue weighted by molar-refractivity contribution is -0.136. The van der Waals surface area contributed by atoms with Crippen molar-refractivity contribution in [2.75, 3.05) is 44.7 Å². The first-order valence-electron chi connectivity index (χ1n) is 13.4. The van der Waals surface area contributed by atoms with Crippen LogP contribution in [0.5, 0.6) is 0 Å². The van der Waals surface area contributed by atoms with Crippen LogP contribution in [0.2, 0.25) is 0 Å². The highest BCUT2D eigenvalue weighted by molar-refractivity contribution is 8.18. The van der Waals surface area contributed by atoms with E-state index in [1.165, 1.54) is 7.11 Å². The number of nitrogens with zero attached hydrogens (tertiary/aromatic N) is 4. The van der Waals surface area contributed by atoms with Crippen molar-refractivity contribution in [3.63, 3.8) is 0 Å². The number of piperazine rings is 1. The van der Waals surface area contributed by atoms with Crippen molar-refractivity contribution in [2.24, 2.45) is 0 Å². The molecule has 3 aromatic rings. The van der Waals surface area contributed by atoms with Gasteiger partial charge in [-0.25, -0.2) is 4.79 Å². The van der Waals surface area contributed by atoms with Gasteiger partial charge in [-0.1, -0.05) is 24.3 Å². The molecule has 0 radical (unpaired) electrons. The van der Waals surface area contributed by atoms with Crippen molar-refractivity contribution in [1.82, 2.24) is 14.4 Å². The molecule has 2 aromatic carbocycles. The van der Waals surface area contributed by atoms with Crippen molar-refractivity contribution in [3.8, 4) is 5.69 Å². The Bertz CT molecular complexity index is 1550. The standard InChI is InChI=1S/C31H32N4O5S/c1-20-17-23(22(3)35(20)26-12-8-11-25(21(26)2)30(38)40-4)18-27-29(37)34(31(39)41-27)19-28(36)33-15-13-32(14-16-33)24-9-6-5-7-10-24/h5-12,17-18H,13-16,19H2,1-4H3/b27-18+. The maximum absolute atomic E-state index is 13.2. The quantitative estimate of drug-likeness (QED) is 0.316. The summed E-state index contributed by atoms with van der Waals surface area (Å²) in [7, 11) is 1.35. The van der Waals surface area contributed by atoms with Crippen LogP contribution in [0.25, 0.3) is 11.8 Å². The van der Waals surface area contributed by atoms with Crippen molar-refractivity contribution in [3.05, 3.63) is 87.6 Å². The Morgan fingerprint density at radius 3 is 2.34 bits per heavy atom. The zero-order chi connectivity index (χ0) is 29.3. The fraction of sp³-hybridized carbons (Fsp3) is 0.290. The Balaban J connectivity index is 1.30. The third kappa shape index (κ3) is 5.52. The van der Waals surface area contributed by atoms with E-state index in [1.807, 2.05) is 67.8 Å². The molecule has 2 saturated heterocycles. The number of para-hydroxylation sites is 1. The second-order valence-electron chi connectivity index (χ2n) is 10.1. The first-order chi connectivity index (χ1) is 19.7. The van der Waals surface area contributed by atoms with E-state index in [9.17, 15) is 19.2 Å². The van der Waals surface area contributed by atoms with Crippen molar-refractivity contribution in [1.29, 1.82) is 0 Å². The molecule has 0 N–H and O–H groups in total. The number of aryl methyl sites for hydroxylation is 1. The summed E-state index contributed by atoms with van der Waals surface area (Å²) in [5.74, 6) is -1.11. The van der Waals surface area contributed by atoms with E-state index in [1.54, 1.807) is 23.1 Å². The van der Waals surface area contributed by atoms with Crippen LogP contribution in [0.4, 0.5) is 10.5 Å². The Hall–Kier alpha value is -4.31. The highest BCUT2D eigenvalue weighted by Crippen LogP contribution is 2.34. The molecule has 3 heterocycles. The molecule has 212 valence electrons. The Kier molecular flexibility index (Phi) is 8.03. The van der Waals surface area contributed by atoms with E-state index in [2.05, 4.69) is 4.90 Å². The number of ether oxygens (including phenoxy) is 1. The summed E-state index contributed by atoms with van der Waals surface area (Å²) in [6.07, 6.45) is 1.70. The van der Waals surface area contributed by atoms with Gasteiger partial charge in [0.1, 0.15) is 6.54 Å². The number of methoxy groups -OCH3 is 1. The maximum Gasteiger partial charge on any atom is 0.338 e. The fourth-order valence-corrected chi connectivity index (χ4v) is 6.20. The molecule has 2 fully saturated rings. The molecular formula is C31H32N4O5S. The van der Waals surface area contributed by atoms with Gasteiger partial charge >= 0.3 is 5.97 Å². The third-order valence-electron chi connectivity index (χ3n) is 7.63. The van der Waals surface area contributed by atoms with Crippen LogP contribution >= 0.6 is 11.8 Å². The van der Waals surface area contributed by atoms with E-state index < -0.39 is 17.1 Å². The van der Waals surface area contributed by atoms with Gasteiger partial charge in [0, 0.05) is 48.9 Å². The van der Waals surface area contributed by atoms with E-state index in [0.717, 1.165) is 50.6 Å². The van der Waals surface area contributed by atoms with Gasteiger partial charge in [-0.2, -0.15) is 0 Å². The van der Waals surface area contributed by atoms with Crippen LogP contribution in [0, 0.1) is 20.8 Å². The number of hydrogen-bond acceptors (Lipinski definition) is 7. The number of benzene rings is 2. The minimum absolute atomic E-state index is 0.236. The molecule has 5 rings (SSSR count). The summed E-state index contributed by atoms with van der Waals surface area (Å²) in [4.78, 5) is 56.5. The van der Waals surface area contributed by atoms with E-state index in [4.69, 9.17) is 4.74 Å². The summed E-state index contributed by atoms with van der Waals surface area (Å²) in [6.45, 7) is 7.90. The average molecular weight is 573 g/mol. The lowest BCUT2D eigenvalue weighted by Crippen LogP contribution is -2.51. The summed E-state index contributed by atoms with van der Waals surface area (Å²) >= 11 is 0.844. The van der Waals surface area contributed by atoms with Gasteiger partial charge in [0.05, 0.1) is 17.6 Å². The van der Waals surface area contributed by atoms with E-state index >= 15 is 0 Å². The van der Waals surface area contributed by atoms with Crippen LogP contribution in [-0.4, -0.2) is 77.2 Å². The van der Waals surface area contributed by atoms with E-state index in [-0.39, 0.29) is 17.4 Å². The van der Waals surface area contributed by atoms with Crippen molar-refractivity contribution < 1.29 is 23.9 Å². The molecule has 0 atom stereocenters. The van der Waals surface area contributed by atoms with Crippen molar-refractivity contribution >= 4 is 46.5 Å². The first kappa shape index (κ1) is 28.2. The lowest BCUT2D eigenvalue weighted by atomic mass is 10.1. The number of rotatable bonds is 6. The maximum atomic E-state index is 13.2. The Morgan fingerprint density at radius 2 is 1.66 bits per heavy atom. The molecule has 10 heteroatoms. The number of carbonyl (C=O) groups excluding carboxylic acids is 4. The number of esters is 1. The van der Waals surface area contributed by atoms with Crippen LogP contribution < -0.4 is 4.90 Å². The van der Waals surface area contributed by atoms with Crippen LogP contribution in [0.15, 0.2) is 59.5 Å². The SMILES string of the molecule is COC(=O)c1cccc(-n2c(C)cc(/C=C3/SC(=O)N(CC(=O)N4CCN(c5ccccc5)CC4)C3=O)c2C)c1C. The third-order valence-corrected chi connectivity index (χ3v) is 8.54. The Morgan fingerprint density at radius 1 is 0.951 bits per heavy atom. The van der Waals surface area contributed by atoms with Crippen LogP contribution in [0.3, 0.4) is 0 Å². The minimum atomic E-state index is -0.468. The van der Waals surface area contributed by atoms with Crippen molar-refractivity contribution in [2.45, 2.75) is 20.8 Å². The van der Waals surface area contributed by atoms with Gasteiger partial charge in [0.15, 0.2) is 0 Å². The molecule has 1 aromatic heterocycles. The van der Waals surface area contributed by atoms with Gasteiger partial charge in [-0.05, 0) is 80.1 Å². The molecule has 2 aliphatic heterocycles. The zero-order valence-electron chi connectivity index (χ0n) is 23.5. The van der Waals surface area contributed by atoms with Crippen LogP contribution in [-0.2, 0) is 14.3 Å². The number of hydrogen-bond donors (Lipinski definition) is 0. The molecule has 2 aliphatic rings. The summed E-state index contributed by atoms with van der Waals surface area (Å²) in [6, 6.07) is 17.4. The van der Waals surface area contributed by atoms with Gasteiger partial charge in [0.2, 0.25) is 5.91 Å². The predicted molar refractivity (Wildman–Crippen MR) is 159 cm³/mol. The number of aromatic nitrogens is 1. The molecule has 9 nitrogen and oxygen atoms in total. The van der Waals surface area contributed by atoms with Gasteiger partial charge in [-0.3, -0.25) is 19.3 Å². The molecule has 3 amide bonds. The normalized spacial score (nSPS) is 16.6. The molecule has 0 saturated carbocycles. The van der Waals surface area contributed by atoms with Gasteiger partial charge in [0.25, 0.3) is 11.1 Å². The van der Waals surface area contributed by atoms with Gasteiger partial charge < -0.3 is 19.1 Å². The Labute approximate surface area is 243 Å². The van der Waals surface area contributed by atoms with Crippen LogP contribution in [0.1, 0.15) is 32.9 Å². The second-order valence-corrected chi connectivity index (χ2v) is 11.1. The number of anilines is 1. The number of thioether (sulfide) groups is 1. The topological polar surface area (TPSA) is 92.2 Å². The molecule has 0 aliphatic carbocycles. The smallest absolute Gasteiger partial charge is 0.338 e. The number of amides is 3. The number of carbonyl (C=O) groups is 4. The molecule has 0 unspecified atom stereocenters. The zero-order valence-corrected chi connectivity index (χ0v) is 24.4. The molecule has 41 heavy (non-hydrogen) atoms. The summed E-state index contributed by atoms with van der Waals surface area (Å²) in [5.41, 5.74) is 5.73. The number of imide groups is 1. The largest absolute Gasteiger partial charge is 0.465 e. The van der Waals surface area contributed by atoms with E-state index in [0.29, 0.717) is 31.7 Å². The predicted octanol–water partition coefficient (Wildman–Crippen LogP) is 4.57. The monoisotopic (exact) mass is 572 g/mol. The average Bonchev–Trinajstić information content (AvgIpc) is 3.41. The van der Waals surface area contributed by atoms with Gasteiger partial charge in [-0.15, -0.1) is 0 Å². The molecule has 0 spiro atoms.